The summed E-state index contributed by atoms with van der Waals surface area (Å²) in [5.41, 5.74) is 1.46. The molecule has 0 aromatic heterocycles. The first-order valence-electron chi connectivity index (χ1n) is 6.89. The summed E-state index contributed by atoms with van der Waals surface area (Å²) in [6, 6.07) is 0.703. The van der Waals surface area contributed by atoms with Gasteiger partial charge < -0.3 is 10.1 Å². The van der Waals surface area contributed by atoms with Gasteiger partial charge in [0.15, 0.2) is 0 Å². The molecular formula is C14H28N2O. The highest BCUT2D eigenvalue weighted by atomic mass is 16.5. The van der Waals surface area contributed by atoms with Crippen molar-refractivity contribution in [3.05, 3.63) is 11.6 Å². The number of ether oxygens (including phenoxy) is 1. The fourth-order valence-corrected chi connectivity index (χ4v) is 2.33. The normalized spacial score (nSPS) is 19.1. The Hall–Kier alpha value is -0.380. The van der Waals surface area contributed by atoms with Gasteiger partial charge in [-0.3, -0.25) is 4.90 Å². The zero-order chi connectivity index (χ0) is 12.5. The molecule has 1 aliphatic heterocycles. The largest absolute Gasteiger partial charge is 0.380 e. The molecule has 1 heterocycles. The first-order valence-corrected chi connectivity index (χ1v) is 6.89. The molecule has 1 rings (SSSR count). The molecule has 1 aliphatic rings. The van der Waals surface area contributed by atoms with Gasteiger partial charge in [0.25, 0.3) is 0 Å². The van der Waals surface area contributed by atoms with E-state index in [0.717, 1.165) is 26.2 Å². The first kappa shape index (κ1) is 14.7. The van der Waals surface area contributed by atoms with Crippen molar-refractivity contribution in [2.45, 2.75) is 39.2 Å². The van der Waals surface area contributed by atoms with E-state index < -0.39 is 0 Å². The van der Waals surface area contributed by atoms with E-state index in [1.807, 2.05) is 0 Å². The Morgan fingerprint density at radius 3 is 2.94 bits per heavy atom. The first-order chi connectivity index (χ1) is 8.27. The van der Waals surface area contributed by atoms with Crippen LogP contribution in [0.5, 0.6) is 0 Å². The van der Waals surface area contributed by atoms with Gasteiger partial charge >= 0.3 is 0 Å². The summed E-state index contributed by atoms with van der Waals surface area (Å²) in [5, 5.41) is 3.38. The highest BCUT2D eigenvalue weighted by molar-refractivity contribution is 5.08. The van der Waals surface area contributed by atoms with Crippen molar-refractivity contribution in [1.29, 1.82) is 0 Å². The van der Waals surface area contributed by atoms with E-state index in [4.69, 9.17) is 4.74 Å². The van der Waals surface area contributed by atoms with Gasteiger partial charge in [-0.2, -0.15) is 0 Å². The van der Waals surface area contributed by atoms with E-state index in [1.165, 1.54) is 31.4 Å². The zero-order valence-electron chi connectivity index (χ0n) is 11.7. The third kappa shape index (κ3) is 5.66. The quantitative estimate of drug-likeness (QED) is 0.519. The van der Waals surface area contributed by atoms with Crippen molar-refractivity contribution >= 4 is 0 Å². The number of nitrogens with zero attached hydrogens (tertiary/aromatic N) is 1. The third-order valence-corrected chi connectivity index (χ3v) is 3.51. The molecule has 1 unspecified atom stereocenters. The van der Waals surface area contributed by atoms with Crippen LogP contribution in [-0.4, -0.2) is 50.8 Å². The van der Waals surface area contributed by atoms with Gasteiger partial charge in [-0.25, -0.2) is 0 Å². The summed E-state index contributed by atoms with van der Waals surface area (Å²) in [6.07, 6.45) is 6.08. The lowest BCUT2D eigenvalue weighted by Gasteiger charge is -2.31. The standard InChI is InChI=1S/C14H28N2O/c1-4-15-9-5-6-13(2)16-10-7-14(8-11-16)12-17-3/h7,13,15H,4-6,8-12H2,1-3H3. The molecule has 0 aromatic carbocycles. The van der Waals surface area contributed by atoms with Crippen LogP contribution in [0.1, 0.15) is 33.1 Å². The average Bonchev–Trinajstić information content (AvgIpc) is 2.36. The predicted molar refractivity (Wildman–Crippen MR) is 73.4 cm³/mol. The maximum Gasteiger partial charge on any atom is 0.0673 e. The molecule has 0 fully saturated rings. The van der Waals surface area contributed by atoms with Crippen molar-refractivity contribution < 1.29 is 4.74 Å². The maximum absolute atomic E-state index is 5.17. The smallest absolute Gasteiger partial charge is 0.0673 e. The van der Waals surface area contributed by atoms with E-state index in [1.54, 1.807) is 7.11 Å². The molecule has 0 saturated heterocycles. The van der Waals surface area contributed by atoms with Crippen LogP contribution >= 0.6 is 0 Å². The molecule has 0 saturated carbocycles. The van der Waals surface area contributed by atoms with Crippen molar-refractivity contribution in [2.24, 2.45) is 0 Å². The average molecular weight is 240 g/mol. The van der Waals surface area contributed by atoms with E-state index in [2.05, 4.69) is 30.1 Å². The topological polar surface area (TPSA) is 24.5 Å². The Morgan fingerprint density at radius 2 is 2.35 bits per heavy atom. The van der Waals surface area contributed by atoms with Crippen molar-refractivity contribution in [3.8, 4) is 0 Å². The summed E-state index contributed by atoms with van der Waals surface area (Å²) in [5.74, 6) is 0. The van der Waals surface area contributed by atoms with Crippen LogP contribution in [0.25, 0.3) is 0 Å². The summed E-state index contributed by atoms with van der Waals surface area (Å²) in [7, 11) is 1.77. The molecule has 0 bridgehead atoms. The van der Waals surface area contributed by atoms with Gasteiger partial charge in [-0.05, 0) is 44.8 Å². The Balaban J connectivity index is 2.18. The van der Waals surface area contributed by atoms with Crippen molar-refractivity contribution in [1.82, 2.24) is 10.2 Å². The van der Waals surface area contributed by atoms with Crippen molar-refractivity contribution in [3.63, 3.8) is 0 Å². The van der Waals surface area contributed by atoms with Gasteiger partial charge in [-0.15, -0.1) is 0 Å². The lowest BCUT2D eigenvalue weighted by molar-refractivity contribution is 0.189. The summed E-state index contributed by atoms with van der Waals surface area (Å²) >= 11 is 0. The second-order valence-electron chi connectivity index (χ2n) is 4.89. The van der Waals surface area contributed by atoms with Crippen LogP contribution in [0.2, 0.25) is 0 Å². The van der Waals surface area contributed by atoms with Crippen LogP contribution in [0.3, 0.4) is 0 Å². The van der Waals surface area contributed by atoms with Gasteiger partial charge in [-0.1, -0.05) is 13.0 Å². The molecule has 0 amide bonds. The second-order valence-corrected chi connectivity index (χ2v) is 4.89. The third-order valence-electron chi connectivity index (χ3n) is 3.51. The fourth-order valence-electron chi connectivity index (χ4n) is 2.33. The maximum atomic E-state index is 5.17. The monoisotopic (exact) mass is 240 g/mol. The molecule has 0 radical (unpaired) electrons. The minimum absolute atomic E-state index is 0.703. The minimum Gasteiger partial charge on any atom is -0.380 e. The lowest BCUT2D eigenvalue weighted by Crippen LogP contribution is -2.37. The van der Waals surface area contributed by atoms with Gasteiger partial charge in [0.1, 0.15) is 0 Å². The fraction of sp³-hybridized carbons (Fsp3) is 0.857. The summed E-state index contributed by atoms with van der Waals surface area (Å²) in [4.78, 5) is 2.57. The van der Waals surface area contributed by atoms with E-state index in [-0.39, 0.29) is 0 Å². The Kier molecular flexibility index (Phi) is 7.49. The zero-order valence-corrected chi connectivity index (χ0v) is 11.7. The molecule has 0 aromatic rings. The molecule has 0 spiro atoms. The van der Waals surface area contributed by atoms with Crippen LogP contribution < -0.4 is 5.32 Å². The second kappa shape index (κ2) is 8.67. The number of methoxy groups -OCH3 is 1. The molecule has 3 heteroatoms. The Labute approximate surface area is 106 Å². The molecule has 1 atom stereocenters. The van der Waals surface area contributed by atoms with Crippen LogP contribution in [0, 0.1) is 0 Å². The molecule has 17 heavy (non-hydrogen) atoms. The van der Waals surface area contributed by atoms with E-state index in [0.29, 0.717) is 6.04 Å². The van der Waals surface area contributed by atoms with Crippen molar-refractivity contribution in [2.75, 3.05) is 39.9 Å². The predicted octanol–water partition coefficient (Wildman–Crippen LogP) is 2.04. The summed E-state index contributed by atoms with van der Waals surface area (Å²) in [6.45, 7) is 9.85. The minimum atomic E-state index is 0.703. The van der Waals surface area contributed by atoms with Gasteiger partial charge in [0.05, 0.1) is 6.61 Å². The van der Waals surface area contributed by atoms with E-state index >= 15 is 0 Å². The summed E-state index contributed by atoms with van der Waals surface area (Å²) < 4.78 is 5.17. The number of hydrogen-bond donors (Lipinski definition) is 1. The number of hydrogen-bond acceptors (Lipinski definition) is 3. The molecule has 1 N–H and O–H groups in total. The Morgan fingerprint density at radius 1 is 1.53 bits per heavy atom. The van der Waals surface area contributed by atoms with Crippen LogP contribution in [0.4, 0.5) is 0 Å². The van der Waals surface area contributed by atoms with E-state index in [9.17, 15) is 0 Å². The van der Waals surface area contributed by atoms with Crippen LogP contribution in [-0.2, 0) is 4.74 Å². The SMILES string of the molecule is CCNCCCC(C)N1CC=C(COC)CC1. The lowest BCUT2D eigenvalue weighted by atomic mass is 10.1. The number of nitrogens with one attached hydrogen (secondary N) is 1. The Bertz CT molecular complexity index is 228. The van der Waals surface area contributed by atoms with Gasteiger partial charge in [0, 0.05) is 26.2 Å². The molecular weight excluding hydrogens is 212 g/mol. The highest BCUT2D eigenvalue weighted by Crippen LogP contribution is 2.15. The van der Waals surface area contributed by atoms with Gasteiger partial charge in [0.2, 0.25) is 0 Å². The molecule has 100 valence electrons. The molecule has 3 nitrogen and oxygen atoms in total. The highest BCUT2D eigenvalue weighted by Gasteiger charge is 2.16. The molecule has 0 aliphatic carbocycles. The van der Waals surface area contributed by atoms with Crippen LogP contribution in [0.15, 0.2) is 11.6 Å². The number of rotatable bonds is 8.